The number of aliphatic hydroxyl groups is 4. The van der Waals surface area contributed by atoms with Gasteiger partial charge in [-0.3, -0.25) is 9.69 Å². The molecule has 7 heteroatoms. The summed E-state index contributed by atoms with van der Waals surface area (Å²) in [5.41, 5.74) is 0. The predicted molar refractivity (Wildman–Crippen MR) is 48.1 cm³/mol. The number of piperidine rings is 1. The molecule has 1 heterocycles. The molecule has 7 nitrogen and oxygen atoms in total. The van der Waals surface area contributed by atoms with Gasteiger partial charge in [0.05, 0.1) is 12.7 Å². The number of carbonyl (C=O) groups is 1. The summed E-state index contributed by atoms with van der Waals surface area (Å²) in [4.78, 5) is 12.1. The maximum Gasteiger partial charge on any atom is 0.323 e. The summed E-state index contributed by atoms with van der Waals surface area (Å²) in [7, 11) is 0. The van der Waals surface area contributed by atoms with E-state index in [0.717, 1.165) is 0 Å². The first kappa shape index (κ1) is 12.3. The maximum atomic E-state index is 10.8. The van der Waals surface area contributed by atoms with E-state index in [9.17, 15) is 20.1 Å². The third-order valence-electron chi connectivity index (χ3n) is 2.52. The van der Waals surface area contributed by atoms with E-state index in [1.54, 1.807) is 0 Å². The monoisotopic (exact) mass is 221 g/mol. The van der Waals surface area contributed by atoms with Gasteiger partial charge >= 0.3 is 5.97 Å². The number of carboxylic acid groups (broad SMARTS) is 1. The third-order valence-corrected chi connectivity index (χ3v) is 2.52. The molecule has 0 amide bonds. The number of hydrogen-bond acceptors (Lipinski definition) is 6. The molecule has 0 aromatic heterocycles. The van der Waals surface area contributed by atoms with Gasteiger partial charge < -0.3 is 25.5 Å². The summed E-state index contributed by atoms with van der Waals surface area (Å²) in [5.74, 6) is -1.29. The van der Waals surface area contributed by atoms with Gasteiger partial charge in [0.2, 0.25) is 0 Å². The van der Waals surface area contributed by atoms with Gasteiger partial charge in [0.15, 0.2) is 0 Å². The number of aliphatic carboxylic acids is 1. The highest BCUT2D eigenvalue weighted by Crippen LogP contribution is 2.18. The van der Waals surface area contributed by atoms with Crippen LogP contribution in [0.2, 0.25) is 0 Å². The second-order valence-electron chi connectivity index (χ2n) is 3.55. The topological polar surface area (TPSA) is 121 Å². The molecular weight excluding hydrogens is 206 g/mol. The molecule has 88 valence electrons. The zero-order valence-corrected chi connectivity index (χ0v) is 8.02. The molecule has 0 bridgehead atoms. The van der Waals surface area contributed by atoms with Crippen molar-refractivity contribution >= 4 is 5.97 Å². The molecule has 15 heavy (non-hydrogen) atoms. The Labute approximate surface area is 86.2 Å². The fraction of sp³-hybridized carbons (Fsp3) is 0.875. The van der Waals surface area contributed by atoms with Crippen LogP contribution >= 0.6 is 0 Å². The Bertz CT molecular complexity index is 235. The molecule has 0 aliphatic carbocycles. The lowest BCUT2D eigenvalue weighted by Crippen LogP contribution is -2.64. The summed E-state index contributed by atoms with van der Waals surface area (Å²) in [6.07, 6.45) is -4.24. The van der Waals surface area contributed by atoms with E-state index in [-0.39, 0.29) is 19.7 Å². The van der Waals surface area contributed by atoms with E-state index < -0.39 is 30.3 Å². The Morgan fingerprint density at radius 2 is 1.87 bits per heavy atom. The van der Waals surface area contributed by atoms with Gasteiger partial charge in [-0.15, -0.1) is 0 Å². The summed E-state index contributed by atoms with van der Waals surface area (Å²) in [5, 5.41) is 45.6. The first-order chi connectivity index (χ1) is 6.99. The van der Waals surface area contributed by atoms with Crippen molar-refractivity contribution in [2.24, 2.45) is 0 Å². The van der Waals surface area contributed by atoms with Gasteiger partial charge in [-0.2, -0.15) is 0 Å². The highest BCUT2D eigenvalue weighted by atomic mass is 16.4. The second kappa shape index (κ2) is 4.86. The first-order valence-corrected chi connectivity index (χ1v) is 4.61. The quantitative estimate of drug-likeness (QED) is 0.341. The van der Waals surface area contributed by atoms with Crippen molar-refractivity contribution in [2.45, 2.75) is 24.4 Å². The summed E-state index contributed by atoms with van der Waals surface area (Å²) in [6, 6.07) is -1.30. The van der Waals surface area contributed by atoms with Crippen LogP contribution in [0.15, 0.2) is 0 Å². The van der Waals surface area contributed by atoms with Gasteiger partial charge in [0.25, 0.3) is 0 Å². The van der Waals surface area contributed by atoms with E-state index in [4.69, 9.17) is 10.2 Å². The summed E-state index contributed by atoms with van der Waals surface area (Å²) in [6.45, 7) is -0.340. The van der Waals surface area contributed by atoms with Crippen molar-refractivity contribution in [1.29, 1.82) is 0 Å². The Hall–Kier alpha value is -0.730. The zero-order valence-electron chi connectivity index (χ0n) is 8.02. The highest BCUT2D eigenvalue weighted by molar-refractivity contribution is 5.74. The standard InChI is InChI=1S/C8H15NO6/c10-2-1-9-3-4(11)6(12)7(13)5(9)8(14)15/h4-7,10-13H,1-3H2,(H,14,15)/t4-,5-,6+,7+/m0/s1. The van der Waals surface area contributed by atoms with Crippen molar-refractivity contribution in [3.05, 3.63) is 0 Å². The number of nitrogens with zero attached hydrogens (tertiary/aromatic N) is 1. The summed E-state index contributed by atoms with van der Waals surface area (Å²) >= 11 is 0. The van der Waals surface area contributed by atoms with Crippen LogP contribution in [0.3, 0.4) is 0 Å². The van der Waals surface area contributed by atoms with Crippen molar-refractivity contribution in [1.82, 2.24) is 4.90 Å². The molecule has 1 rings (SSSR count). The van der Waals surface area contributed by atoms with Crippen molar-refractivity contribution in [3.8, 4) is 0 Å². The molecule has 0 aromatic carbocycles. The zero-order chi connectivity index (χ0) is 11.6. The van der Waals surface area contributed by atoms with Crippen LogP contribution < -0.4 is 0 Å². The molecule has 0 radical (unpaired) electrons. The van der Waals surface area contributed by atoms with Crippen LogP contribution in [-0.4, -0.2) is 80.5 Å². The molecule has 1 saturated heterocycles. The number of likely N-dealkylation sites (tertiary alicyclic amines) is 1. The molecule has 0 saturated carbocycles. The van der Waals surface area contributed by atoms with Crippen LogP contribution in [0, 0.1) is 0 Å². The van der Waals surface area contributed by atoms with Gasteiger partial charge in [-0.1, -0.05) is 0 Å². The highest BCUT2D eigenvalue weighted by Gasteiger charge is 2.44. The average Bonchev–Trinajstić information content (AvgIpc) is 2.14. The van der Waals surface area contributed by atoms with E-state index in [2.05, 4.69) is 0 Å². The Morgan fingerprint density at radius 3 is 2.33 bits per heavy atom. The lowest BCUT2D eigenvalue weighted by atomic mass is 9.94. The lowest BCUT2D eigenvalue weighted by molar-refractivity contribution is -0.171. The third kappa shape index (κ3) is 2.44. The number of β-amino-alcohol motifs (C(OH)–C–C–N with tert-alkyl or cyclic N) is 2. The minimum atomic E-state index is -1.56. The number of hydrogen-bond donors (Lipinski definition) is 5. The molecule has 1 fully saturated rings. The molecule has 5 N–H and O–H groups in total. The number of carboxylic acids is 1. The maximum absolute atomic E-state index is 10.8. The van der Waals surface area contributed by atoms with Gasteiger partial charge in [0, 0.05) is 13.1 Å². The predicted octanol–water partition coefficient (Wildman–Crippen LogP) is -3.17. The fourth-order valence-corrected chi connectivity index (χ4v) is 1.75. The van der Waals surface area contributed by atoms with Crippen molar-refractivity contribution < 1.29 is 30.3 Å². The van der Waals surface area contributed by atoms with E-state index in [1.807, 2.05) is 0 Å². The first-order valence-electron chi connectivity index (χ1n) is 4.61. The van der Waals surface area contributed by atoms with E-state index in [1.165, 1.54) is 4.90 Å². The van der Waals surface area contributed by atoms with E-state index in [0.29, 0.717) is 0 Å². The molecular formula is C8H15NO6. The lowest BCUT2D eigenvalue weighted by Gasteiger charge is -2.41. The van der Waals surface area contributed by atoms with Gasteiger partial charge in [-0.05, 0) is 0 Å². The van der Waals surface area contributed by atoms with Crippen LogP contribution in [0.5, 0.6) is 0 Å². The smallest absolute Gasteiger partial charge is 0.323 e. The second-order valence-corrected chi connectivity index (χ2v) is 3.55. The van der Waals surface area contributed by atoms with Gasteiger partial charge in [0.1, 0.15) is 18.2 Å². The Kier molecular flexibility index (Phi) is 4.00. The molecule has 1 aliphatic heterocycles. The summed E-state index contributed by atoms with van der Waals surface area (Å²) < 4.78 is 0. The Morgan fingerprint density at radius 1 is 1.27 bits per heavy atom. The van der Waals surface area contributed by atoms with Crippen molar-refractivity contribution in [2.75, 3.05) is 19.7 Å². The van der Waals surface area contributed by atoms with Crippen molar-refractivity contribution in [3.63, 3.8) is 0 Å². The molecule has 4 atom stereocenters. The number of rotatable bonds is 3. The van der Waals surface area contributed by atoms with Crippen LogP contribution in [0.25, 0.3) is 0 Å². The number of aliphatic hydroxyl groups excluding tert-OH is 4. The Balaban J connectivity index is 2.81. The minimum absolute atomic E-state index is 0.0256. The molecule has 0 unspecified atom stereocenters. The van der Waals surface area contributed by atoms with Crippen LogP contribution in [0.4, 0.5) is 0 Å². The molecule has 1 aliphatic rings. The average molecular weight is 221 g/mol. The molecule has 0 spiro atoms. The SMILES string of the molecule is O=C(O)[C@@H]1[C@@H](O)[C@H](O)[C@@H](O)CN1CCO. The minimum Gasteiger partial charge on any atom is -0.480 e. The normalized spacial score (nSPS) is 37.9. The molecule has 0 aromatic rings. The van der Waals surface area contributed by atoms with Crippen LogP contribution in [-0.2, 0) is 4.79 Å². The van der Waals surface area contributed by atoms with Crippen LogP contribution in [0.1, 0.15) is 0 Å². The fourth-order valence-electron chi connectivity index (χ4n) is 1.75. The largest absolute Gasteiger partial charge is 0.480 e. The van der Waals surface area contributed by atoms with E-state index >= 15 is 0 Å². The van der Waals surface area contributed by atoms with Gasteiger partial charge in [-0.25, -0.2) is 0 Å².